The van der Waals surface area contributed by atoms with Crippen LogP contribution in [0.15, 0.2) is 59.0 Å². The van der Waals surface area contributed by atoms with Crippen LogP contribution in [0.25, 0.3) is 11.0 Å². The van der Waals surface area contributed by atoms with Crippen molar-refractivity contribution in [2.24, 2.45) is 0 Å². The van der Waals surface area contributed by atoms with E-state index in [0.717, 1.165) is 10.3 Å². The molecule has 25 heavy (non-hydrogen) atoms. The first-order valence-electron chi connectivity index (χ1n) is 7.64. The molecule has 1 aliphatic rings. The van der Waals surface area contributed by atoms with Gasteiger partial charge in [0, 0.05) is 11.1 Å². The summed E-state index contributed by atoms with van der Waals surface area (Å²) in [6.45, 7) is -1.37. The van der Waals surface area contributed by atoms with E-state index in [0.29, 0.717) is 11.3 Å². The highest BCUT2D eigenvalue weighted by molar-refractivity contribution is 6.01. The van der Waals surface area contributed by atoms with Gasteiger partial charge in [0.25, 0.3) is 5.91 Å². The van der Waals surface area contributed by atoms with Crippen LogP contribution in [0.5, 0.6) is 0 Å². The lowest BCUT2D eigenvalue weighted by Crippen LogP contribution is -2.47. The predicted octanol–water partition coefficient (Wildman–Crippen LogP) is 4.56. The number of fused-ring (bicyclic) bond motifs is 2. The van der Waals surface area contributed by atoms with Crippen LogP contribution in [0.2, 0.25) is 0 Å². The van der Waals surface area contributed by atoms with E-state index in [2.05, 4.69) is 5.32 Å². The van der Waals surface area contributed by atoms with Gasteiger partial charge in [0.1, 0.15) is 17.9 Å². The first kappa shape index (κ1) is 15.6. The number of para-hydroxylation sites is 2. The number of hydrogen-bond donors (Lipinski definition) is 1. The van der Waals surface area contributed by atoms with Crippen molar-refractivity contribution in [3.8, 4) is 0 Å². The van der Waals surface area contributed by atoms with E-state index in [9.17, 15) is 18.0 Å². The highest BCUT2D eigenvalue weighted by Crippen LogP contribution is 2.36. The fourth-order valence-electron chi connectivity index (χ4n) is 3.01. The third kappa shape index (κ3) is 2.82. The summed E-state index contributed by atoms with van der Waals surface area (Å²) in [6, 6.07) is 15.3. The number of rotatable bonds is 2. The quantitative estimate of drug-likeness (QED) is 0.740. The second-order valence-electron chi connectivity index (χ2n) is 5.83. The fraction of sp³-hybridized carbons (Fsp3) is 0.167. The van der Waals surface area contributed by atoms with Crippen LogP contribution in [-0.4, -0.2) is 23.5 Å². The molecule has 2 aromatic carbocycles. The summed E-state index contributed by atoms with van der Waals surface area (Å²) in [5.41, 5.74) is 1.24. The van der Waals surface area contributed by atoms with Crippen LogP contribution in [0.1, 0.15) is 22.3 Å². The lowest BCUT2D eigenvalue weighted by Gasteiger charge is -2.37. The summed E-state index contributed by atoms with van der Waals surface area (Å²) in [5.74, 6) is -0.426. The minimum Gasteiger partial charge on any atom is -0.457 e. The van der Waals surface area contributed by atoms with Crippen molar-refractivity contribution in [3.63, 3.8) is 0 Å². The molecular formula is C18H13F3N2O2. The fourth-order valence-corrected chi connectivity index (χ4v) is 3.01. The van der Waals surface area contributed by atoms with Gasteiger partial charge in [-0.15, -0.1) is 0 Å². The second-order valence-corrected chi connectivity index (χ2v) is 5.83. The van der Waals surface area contributed by atoms with Crippen molar-refractivity contribution in [1.29, 1.82) is 0 Å². The van der Waals surface area contributed by atoms with Gasteiger partial charge in [-0.1, -0.05) is 30.3 Å². The number of amides is 1. The molecule has 0 fully saturated rings. The number of furan rings is 1. The van der Waals surface area contributed by atoms with Crippen molar-refractivity contribution in [3.05, 3.63) is 65.9 Å². The maximum absolute atomic E-state index is 13.0. The summed E-state index contributed by atoms with van der Waals surface area (Å²) < 4.78 is 44.8. The molecule has 7 heteroatoms. The van der Waals surface area contributed by atoms with Crippen molar-refractivity contribution >= 4 is 22.6 Å². The Morgan fingerprint density at radius 3 is 2.56 bits per heavy atom. The Kier molecular flexibility index (Phi) is 3.45. The van der Waals surface area contributed by atoms with Gasteiger partial charge in [-0.2, -0.15) is 13.2 Å². The lowest BCUT2D eigenvalue weighted by molar-refractivity contribution is -0.144. The number of benzene rings is 2. The van der Waals surface area contributed by atoms with Crippen molar-refractivity contribution in [1.82, 2.24) is 4.90 Å². The molecule has 1 aromatic heterocycles. The standard InChI is InChI=1S/C18H13F3N2O2/c19-18(20,21)10-23-16(15-9-11-5-1-4-8-14(11)25-15)22-13-7-3-2-6-12(13)17(23)24/h1-9,16,22H,10H2. The molecule has 3 aromatic rings. The molecule has 0 spiro atoms. The van der Waals surface area contributed by atoms with E-state index in [1.807, 2.05) is 6.07 Å². The molecule has 0 bridgehead atoms. The first-order chi connectivity index (χ1) is 11.9. The maximum Gasteiger partial charge on any atom is 0.406 e. The van der Waals surface area contributed by atoms with Crippen molar-refractivity contribution in [2.45, 2.75) is 12.3 Å². The molecule has 0 aliphatic carbocycles. The number of nitrogens with zero attached hydrogens (tertiary/aromatic N) is 1. The molecule has 1 unspecified atom stereocenters. The number of carbonyl (C=O) groups is 1. The van der Waals surface area contributed by atoms with Crippen LogP contribution in [-0.2, 0) is 0 Å². The molecule has 4 nitrogen and oxygen atoms in total. The number of nitrogens with one attached hydrogen (secondary N) is 1. The van der Waals surface area contributed by atoms with Crippen molar-refractivity contribution < 1.29 is 22.4 Å². The molecule has 1 amide bonds. The smallest absolute Gasteiger partial charge is 0.406 e. The third-order valence-corrected chi connectivity index (χ3v) is 4.09. The van der Waals surface area contributed by atoms with Crippen molar-refractivity contribution in [2.75, 3.05) is 11.9 Å². The maximum atomic E-state index is 13.0. The largest absolute Gasteiger partial charge is 0.457 e. The molecule has 2 heterocycles. The molecule has 0 saturated carbocycles. The van der Waals surface area contributed by atoms with Gasteiger partial charge in [0.05, 0.1) is 5.56 Å². The van der Waals surface area contributed by atoms with Gasteiger partial charge in [0.2, 0.25) is 0 Å². The highest BCUT2D eigenvalue weighted by atomic mass is 19.4. The van der Waals surface area contributed by atoms with Gasteiger partial charge in [0.15, 0.2) is 6.17 Å². The SMILES string of the molecule is O=C1c2ccccc2NC(c2cc3ccccc3o2)N1CC(F)(F)F. The summed E-state index contributed by atoms with van der Waals surface area (Å²) in [4.78, 5) is 13.4. The van der Waals surface area contributed by atoms with Gasteiger partial charge in [-0.25, -0.2) is 0 Å². The molecule has 1 atom stereocenters. The van der Waals surface area contributed by atoms with E-state index in [-0.39, 0.29) is 11.3 Å². The molecule has 1 N–H and O–H groups in total. The van der Waals surface area contributed by atoms with Crippen LogP contribution >= 0.6 is 0 Å². The Hall–Kier alpha value is -2.96. The Labute approximate surface area is 140 Å². The summed E-state index contributed by atoms with van der Waals surface area (Å²) in [6.07, 6.45) is -5.55. The third-order valence-electron chi connectivity index (χ3n) is 4.09. The Morgan fingerprint density at radius 1 is 1.08 bits per heavy atom. The number of halogens is 3. The monoisotopic (exact) mass is 346 g/mol. The molecule has 0 radical (unpaired) electrons. The average Bonchev–Trinajstić information content (AvgIpc) is 3.00. The molecule has 0 saturated heterocycles. The first-order valence-corrected chi connectivity index (χ1v) is 7.64. The number of carbonyl (C=O) groups excluding carboxylic acids is 1. The van der Waals surface area contributed by atoms with E-state index in [1.54, 1.807) is 42.5 Å². The average molecular weight is 346 g/mol. The Morgan fingerprint density at radius 2 is 1.80 bits per heavy atom. The number of anilines is 1. The molecular weight excluding hydrogens is 333 g/mol. The van der Waals surface area contributed by atoms with Crippen LogP contribution < -0.4 is 5.32 Å². The Balaban J connectivity index is 1.81. The summed E-state index contributed by atoms with van der Waals surface area (Å²) in [7, 11) is 0. The van der Waals surface area contributed by atoms with Gasteiger partial charge < -0.3 is 14.6 Å². The Bertz CT molecular complexity index is 916. The highest BCUT2D eigenvalue weighted by Gasteiger charge is 2.41. The van der Waals surface area contributed by atoms with Gasteiger partial charge in [-0.3, -0.25) is 4.79 Å². The van der Waals surface area contributed by atoms with Gasteiger partial charge >= 0.3 is 6.18 Å². The van der Waals surface area contributed by atoms with Crippen LogP contribution in [0.4, 0.5) is 18.9 Å². The zero-order valence-electron chi connectivity index (χ0n) is 12.9. The van der Waals surface area contributed by atoms with E-state index in [4.69, 9.17) is 4.42 Å². The predicted molar refractivity (Wildman–Crippen MR) is 86.1 cm³/mol. The molecule has 128 valence electrons. The van der Waals surface area contributed by atoms with Crippen LogP contribution in [0.3, 0.4) is 0 Å². The van der Waals surface area contributed by atoms with E-state index < -0.39 is 24.8 Å². The zero-order chi connectivity index (χ0) is 17.6. The summed E-state index contributed by atoms with van der Waals surface area (Å²) in [5, 5.41) is 3.75. The number of alkyl halides is 3. The zero-order valence-corrected chi connectivity index (χ0v) is 12.9. The molecule has 4 rings (SSSR count). The summed E-state index contributed by atoms with van der Waals surface area (Å²) >= 11 is 0. The van der Waals surface area contributed by atoms with E-state index in [1.165, 1.54) is 6.07 Å². The topological polar surface area (TPSA) is 45.5 Å². The lowest BCUT2D eigenvalue weighted by atomic mass is 10.1. The minimum absolute atomic E-state index is 0.208. The second kappa shape index (κ2) is 5.54. The van der Waals surface area contributed by atoms with E-state index >= 15 is 0 Å². The molecule has 1 aliphatic heterocycles. The van der Waals surface area contributed by atoms with Crippen LogP contribution in [0, 0.1) is 0 Å². The normalized spacial score (nSPS) is 17.5. The van der Waals surface area contributed by atoms with Gasteiger partial charge in [-0.05, 0) is 24.3 Å². The number of hydrogen-bond acceptors (Lipinski definition) is 3. The minimum atomic E-state index is -4.52.